The Kier molecular flexibility index (Phi) is 4.38. The predicted octanol–water partition coefficient (Wildman–Crippen LogP) is 2.71. The minimum absolute atomic E-state index is 0.0251. The van der Waals surface area contributed by atoms with Gasteiger partial charge in [0.1, 0.15) is 6.33 Å². The van der Waals surface area contributed by atoms with Crippen LogP contribution in [-0.2, 0) is 6.54 Å². The summed E-state index contributed by atoms with van der Waals surface area (Å²) >= 11 is 6.19. The Labute approximate surface area is 134 Å². The summed E-state index contributed by atoms with van der Waals surface area (Å²) < 4.78 is 1.73. The maximum absolute atomic E-state index is 12.8. The molecule has 116 valence electrons. The standard InChI is InChI=1S/C15H18ClN5O/c1-2-7-20-9-11(16)14(19-20)15(22)21-8-3-4-13(21)12-5-6-17-10-18-12/h5-6,9-10,13H,2-4,7-8H2,1H3. The molecule has 1 unspecified atom stereocenters. The van der Waals surface area contributed by atoms with Gasteiger partial charge in [0.25, 0.3) is 5.91 Å². The highest BCUT2D eigenvalue weighted by Gasteiger charge is 2.33. The molecule has 7 heteroatoms. The van der Waals surface area contributed by atoms with Gasteiger partial charge in [-0.15, -0.1) is 0 Å². The molecule has 1 saturated heterocycles. The summed E-state index contributed by atoms with van der Waals surface area (Å²) in [4.78, 5) is 22.8. The first-order chi connectivity index (χ1) is 10.7. The second-order valence-electron chi connectivity index (χ2n) is 5.38. The molecule has 1 fully saturated rings. The van der Waals surface area contributed by atoms with Crippen LogP contribution < -0.4 is 0 Å². The highest BCUT2D eigenvalue weighted by Crippen LogP contribution is 2.32. The first-order valence-corrected chi connectivity index (χ1v) is 7.88. The predicted molar refractivity (Wildman–Crippen MR) is 82.6 cm³/mol. The second kappa shape index (κ2) is 6.44. The van der Waals surface area contributed by atoms with Gasteiger partial charge in [-0.25, -0.2) is 9.97 Å². The third-order valence-corrected chi connectivity index (χ3v) is 4.11. The number of likely N-dealkylation sites (tertiary alicyclic amines) is 1. The lowest BCUT2D eigenvalue weighted by Gasteiger charge is -2.23. The van der Waals surface area contributed by atoms with Crippen LogP contribution in [0.3, 0.4) is 0 Å². The fourth-order valence-corrected chi connectivity index (χ4v) is 3.07. The van der Waals surface area contributed by atoms with Crippen molar-refractivity contribution in [3.05, 3.63) is 41.2 Å². The monoisotopic (exact) mass is 319 g/mol. The van der Waals surface area contributed by atoms with Gasteiger partial charge in [-0.05, 0) is 25.3 Å². The van der Waals surface area contributed by atoms with Crippen molar-refractivity contribution in [2.24, 2.45) is 0 Å². The SMILES string of the molecule is CCCn1cc(Cl)c(C(=O)N2CCCC2c2ccncn2)n1. The van der Waals surface area contributed by atoms with E-state index in [-0.39, 0.29) is 11.9 Å². The average Bonchev–Trinajstić information content (AvgIpc) is 3.15. The van der Waals surface area contributed by atoms with Gasteiger partial charge in [-0.2, -0.15) is 5.10 Å². The summed E-state index contributed by atoms with van der Waals surface area (Å²) in [6.45, 7) is 3.51. The molecule has 0 N–H and O–H groups in total. The van der Waals surface area contributed by atoms with Crippen molar-refractivity contribution in [3.8, 4) is 0 Å². The van der Waals surface area contributed by atoms with Crippen molar-refractivity contribution >= 4 is 17.5 Å². The summed E-state index contributed by atoms with van der Waals surface area (Å²) in [6.07, 6.45) is 7.72. The van der Waals surface area contributed by atoms with Crippen LogP contribution >= 0.6 is 11.6 Å². The summed E-state index contributed by atoms with van der Waals surface area (Å²) in [6, 6.07) is 1.83. The Morgan fingerprint density at radius 3 is 3.09 bits per heavy atom. The Morgan fingerprint density at radius 1 is 1.50 bits per heavy atom. The third-order valence-electron chi connectivity index (χ3n) is 3.83. The number of hydrogen-bond acceptors (Lipinski definition) is 4. The van der Waals surface area contributed by atoms with Gasteiger partial charge < -0.3 is 4.90 Å². The van der Waals surface area contributed by atoms with Crippen LogP contribution in [0.15, 0.2) is 24.8 Å². The first-order valence-electron chi connectivity index (χ1n) is 7.50. The molecule has 2 aromatic rings. The topological polar surface area (TPSA) is 63.9 Å². The highest BCUT2D eigenvalue weighted by molar-refractivity contribution is 6.33. The number of nitrogens with zero attached hydrogens (tertiary/aromatic N) is 5. The molecule has 1 aliphatic heterocycles. The third kappa shape index (κ3) is 2.83. The van der Waals surface area contributed by atoms with Crippen molar-refractivity contribution in [2.75, 3.05) is 6.54 Å². The number of hydrogen-bond donors (Lipinski definition) is 0. The Hall–Kier alpha value is -1.95. The van der Waals surface area contributed by atoms with E-state index in [2.05, 4.69) is 22.0 Å². The number of amides is 1. The van der Waals surface area contributed by atoms with Crippen molar-refractivity contribution in [1.82, 2.24) is 24.6 Å². The van der Waals surface area contributed by atoms with E-state index in [1.807, 2.05) is 11.0 Å². The van der Waals surface area contributed by atoms with Crippen LogP contribution in [0.25, 0.3) is 0 Å². The van der Waals surface area contributed by atoms with Gasteiger partial charge in [0.2, 0.25) is 0 Å². The first kappa shape index (κ1) is 15.0. The Balaban J connectivity index is 1.85. The molecule has 0 bridgehead atoms. The molecule has 3 rings (SSSR count). The zero-order valence-electron chi connectivity index (χ0n) is 12.4. The second-order valence-corrected chi connectivity index (χ2v) is 5.79. The van der Waals surface area contributed by atoms with Crippen molar-refractivity contribution in [2.45, 2.75) is 38.8 Å². The molecule has 0 aliphatic carbocycles. The maximum atomic E-state index is 12.8. The van der Waals surface area contributed by atoms with Gasteiger partial charge >= 0.3 is 0 Å². The van der Waals surface area contributed by atoms with Gasteiger partial charge in [0.15, 0.2) is 5.69 Å². The van der Waals surface area contributed by atoms with E-state index in [4.69, 9.17) is 11.6 Å². The van der Waals surface area contributed by atoms with E-state index >= 15 is 0 Å². The molecular formula is C15H18ClN5O. The summed E-state index contributed by atoms with van der Waals surface area (Å²) in [5.74, 6) is -0.124. The van der Waals surface area contributed by atoms with Gasteiger partial charge in [0, 0.05) is 25.5 Å². The quantitative estimate of drug-likeness (QED) is 0.869. The number of carbonyl (C=O) groups is 1. The lowest BCUT2D eigenvalue weighted by atomic mass is 10.1. The average molecular weight is 320 g/mol. The van der Waals surface area contributed by atoms with Crippen LogP contribution in [0.1, 0.15) is 48.4 Å². The summed E-state index contributed by atoms with van der Waals surface area (Å²) in [7, 11) is 0. The zero-order chi connectivity index (χ0) is 15.5. The van der Waals surface area contributed by atoms with Gasteiger partial charge in [0.05, 0.1) is 16.8 Å². The fourth-order valence-electron chi connectivity index (χ4n) is 2.84. The molecule has 1 aliphatic rings. The Morgan fingerprint density at radius 2 is 2.36 bits per heavy atom. The van der Waals surface area contributed by atoms with Crippen LogP contribution in [-0.4, -0.2) is 37.1 Å². The van der Waals surface area contributed by atoms with Gasteiger partial charge in [-0.1, -0.05) is 18.5 Å². The van der Waals surface area contributed by atoms with Crippen LogP contribution in [0.4, 0.5) is 0 Å². The normalized spacial score (nSPS) is 17.9. The molecule has 2 aromatic heterocycles. The molecule has 1 atom stereocenters. The molecule has 0 radical (unpaired) electrons. The molecule has 0 saturated carbocycles. The lowest BCUT2D eigenvalue weighted by Crippen LogP contribution is -2.31. The van der Waals surface area contributed by atoms with E-state index in [0.717, 1.165) is 31.5 Å². The van der Waals surface area contributed by atoms with E-state index in [0.29, 0.717) is 17.3 Å². The van der Waals surface area contributed by atoms with E-state index < -0.39 is 0 Å². The number of carbonyl (C=O) groups excluding carboxylic acids is 1. The molecule has 3 heterocycles. The van der Waals surface area contributed by atoms with Crippen LogP contribution in [0.2, 0.25) is 5.02 Å². The minimum atomic E-state index is -0.124. The smallest absolute Gasteiger partial charge is 0.276 e. The number of aryl methyl sites for hydroxylation is 1. The fraction of sp³-hybridized carbons (Fsp3) is 0.467. The number of rotatable bonds is 4. The Bertz CT molecular complexity index is 657. The maximum Gasteiger partial charge on any atom is 0.276 e. The molecule has 1 amide bonds. The minimum Gasteiger partial charge on any atom is -0.329 e. The molecular weight excluding hydrogens is 302 g/mol. The molecule has 6 nitrogen and oxygen atoms in total. The molecule has 0 aromatic carbocycles. The lowest BCUT2D eigenvalue weighted by molar-refractivity contribution is 0.0726. The number of aromatic nitrogens is 4. The van der Waals surface area contributed by atoms with E-state index in [1.54, 1.807) is 17.1 Å². The summed E-state index contributed by atoms with van der Waals surface area (Å²) in [5.41, 5.74) is 1.20. The zero-order valence-corrected chi connectivity index (χ0v) is 13.2. The van der Waals surface area contributed by atoms with Gasteiger partial charge in [-0.3, -0.25) is 9.48 Å². The highest BCUT2D eigenvalue weighted by atomic mass is 35.5. The van der Waals surface area contributed by atoms with Crippen LogP contribution in [0, 0.1) is 0 Å². The number of halogens is 1. The summed E-state index contributed by atoms with van der Waals surface area (Å²) in [5, 5.41) is 4.74. The molecule has 22 heavy (non-hydrogen) atoms. The van der Waals surface area contributed by atoms with Crippen molar-refractivity contribution in [1.29, 1.82) is 0 Å². The van der Waals surface area contributed by atoms with E-state index in [9.17, 15) is 4.79 Å². The largest absolute Gasteiger partial charge is 0.329 e. The van der Waals surface area contributed by atoms with Crippen molar-refractivity contribution < 1.29 is 4.79 Å². The van der Waals surface area contributed by atoms with E-state index in [1.165, 1.54) is 6.33 Å². The van der Waals surface area contributed by atoms with Crippen molar-refractivity contribution in [3.63, 3.8) is 0 Å². The van der Waals surface area contributed by atoms with Crippen LogP contribution in [0.5, 0.6) is 0 Å². The molecule has 0 spiro atoms.